The highest BCUT2D eigenvalue weighted by atomic mass is 32.2. The zero-order valence-electron chi connectivity index (χ0n) is 15.1. The smallest absolute Gasteiger partial charge is 0.243 e. The third kappa shape index (κ3) is 4.17. The van der Waals surface area contributed by atoms with Crippen molar-refractivity contribution in [2.45, 2.75) is 11.8 Å². The number of ether oxygens (including phenoxy) is 1. The molecule has 1 amide bonds. The molecular formula is C17H21N5O4S. The van der Waals surface area contributed by atoms with E-state index in [4.69, 9.17) is 4.74 Å². The van der Waals surface area contributed by atoms with E-state index < -0.39 is 10.0 Å². The Labute approximate surface area is 158 Å². The maximum atomic E-state index is 13.0. The quantitative estimate of drug-likeness (QED) is 0.809. The van der Waals surface area contributed by atoms with E-state index in [1.165, 1.54) is 36.5 Å². The first-order valence-electron chi connectivity index (χ1n) is 8.39. The lowest BCUT2D eigenvalue weighted by molar-refractivity contribution is -0.114. The number of rotatable bonds is 5. The fraction of sp³-hybridized carbons (Fsp3) is 0.353. The lowest BCUT2D eigenvalue weighted by atomic mass is 10.3. The highest BCUT2D eigenvalue weighted by molar-refractivity contribution is 7.89. The molecule has 2 heterocycles. The molecule has 27 heavy (non-hydrogen) atoms. The standard InChI is InChI=1S/C17H21N5O4S/c1-13(23)20-15-12-14(4-5-16(15)26-2)27(24,25)22-10-8-21(9-11-22)17-18-6-3-7-19-17/h3-7,12H,8-11H2,1-2H3,(H,20,23). The van der Waals surface area contributed by atoms with Crippen molar-refractivity contribution in [3.8, 4) is 5.75 Å². The number of nitrogens with zero attached hydrogens (tertiary/aromatic N) is 4. The lowest BCUT2D eigenvalue weighted by Gasteiger charge is -2.34. The minimum absolute atomic E-state index is 0.108. The molecule has 10 heteroatoms. The Hall–Kier alpha value is -2.72. The van der Waals surface area contributed by atoms with Crippen LogP contribution in [0.5, 0.6) is 5.75 Å². The summed E-state index contributed by atoms with van der Waals surface area (Å²) in [5.41, 5.74) is 0.322. The molecule has 0 radical (unpaired) electrons. The van der Waals surface area contributed by atoms with Gasteiger partial charge in [0.2, 0.25) is 21.9 Å². The van der Waals surface area contributed by atoms with Crippen LogP contribution in [-0.2, 0) is 14.8 Å². The Bertz CT molecular complexity index is 912. The minimum Gasteiger partial charge on any atom is -0.495 e. The Morgan fingerprint density at radius 3 is 2.41 bits per heavy atom. The average Bonchev–Trinajstić information content (AvgIpc) is 2.68. The fourth-order valence-electron chi connectivity index (χ4n) is 2.87. The van der Waals surface area contributed by atoms with Crippen LogP contribution in [0.1, 0.15) is 6.92 Å². The molecule has 0 unspecified atom stereocenters. The first-order valence-corrected chi connectivity index (χ1v) is 9.83. The van der Waals surface area contributed by atoms with E-state index in [-0.39, 0.29) is 10.8 Å². The normalized spacial score (nSPS) is 15.4. The van der Waals surface area contributed by atoms with Crippen LogP contribution >= 0.6 is 0 Å². The molecule has 1 N–H and O–H groups in total. The second kappa shape index (κ2) is 7.89. The molecule has 0 aliphatic carbocycles. The van der Waals surface area contributed by atoms with Gasteiger partial charge in [-0.05, 0) is 24.3 Å². The van der Waals surface area contributed by atoms with Crippen molar-refractivity contribution in [3.05, 3.63) is 36.7 Å². The zero-order chi connectivity index (χ0) is 19.4. The number of nitrogens with one attached hydrogen (secondary N) is 1. The van der Waals surface area contributed by atoms with E-state index >= 15 is 0 Å². The van der Waals surface area contributed by atoms with Gasteiger partial charge in [0.15, 0.2) is 0 Å². The van der Waals surface area contributed by atoms with E-state index in [0.29, 0.717) is 43.6 Å². The van der Waals surface area contributed by atoms with Crippen LogP contribution in [0.3, 0.4) is 0 Å². The molecule has 1 aliphatic rings. The van der Waals surface area contributed by atoms with E-state index in [1.54, 1.807) is 18.5 Å². The Morgan fingerprint density at radius 1 is 1.15 bits per heavy atom. The molecule has 3 rings (SSSR count). The predicted molar refractivity (Wildman–Crippen MR) is 100 cm³/mol. The molecule has 144 valence electrons. The van der Waals surface area contributed by atoms with E-state index in [1.807, 2.05) is 4.90 Å². The number of piperazine rings is 1. The molecule has 1 aromatic carbocycles. The summed E-state index contributed by atoms with van der Waals surface area (Å²) in [5.74, 6) is 0.682. The van der Waals surface area contributed by atoms with Gasteiger partial charge in [-0.2, -0.15) is 4.31 Å². The summed E-state index contributed by atoms with van der Waals surface area (Å²) in [4.78, 5) is 21.8. The molecule has 0 bridgehead atoms. The van der Waals surface area contributed by atoms with Crippen LogP contribution in [0.25, 0.3) is 0 Å². The molecule has 2 aromatic rings. The summed E-state index contributed by atoms with van der Waals surface area (Å²) in [7, 11) is -2.23. The number of hydrogen-bond acceptors (Lipinski definition) is 7. The maximum Gasteiger partial charge on any atom is 0.243 e. The van der Waals surface area contributed by atoms with Crippen molar-refractivity contribution >= 4 is 27.6 Å². The Kier molecular flexibility index (Phi) is 5.57. The topological polar surface area (TPSA) is 105 Å². The second-order valence-corrected chi connectivity index (χ2v) is 7.92. The molecule has 1 aromatic heterocycles. The van der Waals surface area contributed by atoms with Crippen LogP contribution in [0, 0.1) is 0 Å². The van der Waals surface area contributed by atoms with Crippen molar-refractivity contribution in [2.75, 3.05) is 43.5 Å². The summed E-state index contributed by atoms with van der Waals surface area (Å²) in [6.07, 6.45) is 3.32. The fourth-order valence-corrected chi connectivity index (χ4v) is 4.32. The Balaban J connectivity index is 1.78. The summed E-state index contributed by atoms with van der Waals surface area (Å²) < 4.78 is 32.6. The van der Waals surface area contributed by atoms with Gasteiger partial charge in [0.1, 0.15) is 5.75 Å². The zero-order valence-corrected chi connectivity index (χ0v) is 15.9. The summed E-state index contributed by atoms with van der Waals surface area (Å²) in [5, 5.41) is 2.60. The molecule has 0 spiro atoms. The molecule has 1 aliphatic heterocycles. The summed E-state index contributed by atoms with van der Waals surface area (Å²) in [6.45, 7) is 2.99. The second-order valence-electron chi connectivity index (χ2n) is 5.98. The van der Waals surface area contributed by atoms with Crippen LogP contribution in [0.4, 0.5) is 11.6 Å². The third-order valence-electron chi connectivity index (χ3n) is 4.19. The van der Waals surface area contributed by atoms with Crippen LogP contribution in [0.15, 0.2) is 41.6 Å². The number of sulfonamides is 1. The van der Waals surface area contributed by atoms with E-state index in [2.05, 4.69) is 15.3 Å². The molecule has 9 nitrogen and oxygen atoms in total. The molecule has 0 atom stereocenters. The van der Waals surface area contributed by atoms with Gasteiger partial charge >= 0.3 is 0 Å². The van der Waals surface area contributed by atoms with Crippen LogP contribution < -0.4 is 15.0 Å². The van der Waals surface area contributed by atoms with Crippen molar-refractivity contribution in [1.82, 2.24) is 14.3 Å². The third-order valence-corrected chi connectivity index (χ3v) is 6.09. The van der Waals surface area contributed by atoms with Crippen LogP contribution in [-0.4, -0.2) is 61.9 Å². The van der Waals surface area contributed by atoms with Gasteiger partial charge in [-0.25, -0.2) is 18.4 Å². The van der Waals surface area contributed by atoms with Gasteiger partial charge in [0.05, 0.1) is 17.7 Å². The maximum absolute atomic E-state index is 13.0. The highest BCUT2D eigenvalue weighted by Crippen LogP contribution is 2.29. The molecule has 1 saturated heterocycles. The predicted octanol–water partition coefficient (Wildman–Crippen LogP) is 0.954. The largest absolute Gasteiger partial charge is 0.495 e. The molecular weight excluding hydrogens is 370 g/mol. The lowest BCUT2D eigenvalue weighted by Crippen LogP contribution is -2.49. The monoisotopic (exact) mass is 391 g/mol. The van der Waals surface area contributed by atoms with E-state index in [9.17, 15) is 13.2 Å². The van der Waals surface area contributed by atoms with Crippen molar-refractivity contribution in [2.24, 2.45) is 0 Å². The van der Waals surface area contributed by atoms with Gasteiger partial charge < -0.3 is 15.0 Å². The number of amides is 1. The Morgan fingerprint density at radius 2 is 1.81 bits per heavy atom. The van der Waals surface area contributed by atoms with Crippen LogP contribution in [0.2, 0.25) is 0 Å². The van der Waals surface area contributed by atoms with Gasteiger partial charge in [0, 0.05) is 45.5 Å². The van der Waals surface area contributed by atoms with Gasteiger partial charge in [-0.15, -0.1) is 0 Å². The number of benzene rings is 1. The highest BCUT2D eigenvalue weighted by Gasteiger charge is 2.30. The van der Waals surface area contributed by atoms with Crippen molar-refractivity contribution in [1.29, 1.82) is 0 Å². The number of aromatic nitrogens is 2. The van der Waals surface area contributed by atoms with Gasteiger partial charge in [-0.3, -0.25) is 4.79 Å². The van der Waals surface area contributed by atoms with E-state index in [0.717, 1.165) is 0 Å². The number of carbonyl (C=O) groups is 1. The number of anilines is 2. The minimum atomic E-state index is -3.69. The number of hydrogen-bond donors (Lipinski definition) is 1. The number of carbonyl (C=O) groups excluding carboxylic acids is 1. The van der Waals surface area contributed by atoms with Crippen molar-refractivity contribution < 1.29 is 17.9 Å². The average molecular weight is 391 g/mol. The molecule has 1 fully saturated rings. The van der Waals surface area contributed by atoms with Gasteiger partial charge in [0.25, 0.3) is 0 Å². The van der Waals surface area contributed by atoms with Gasteiger partial charge in [-0.1, -0.05) is 0 Å². The number of methoxy groups -OCH3 is 1. The first kappa shape index (κ1) is 19.1. The van der Waals surface area contributed by atoms with Crippen molar-refractivity contribution in [3.63, 3.8) is 0 Å². The molecule has 0 saturated carbocycles. The first-order chi connectivity index (χ1) is 12.9. The summed E-state index contributed by atoms with van der Waals surface area (Å²) >= 11 is 0. The summed E-state index contributed by atoms with van der Waals surface area (Å²) in [6, 6.07) is 6.17. The SMILES string of the molecule is COc1ccc(S(=O)(=O)N2CCN(c3ncccn3)CC2)cc1NC(C)=O.